The Kier molecular flexibility index (Phi) is 5.57. The Balaban J connectivity index is 1.90. The van der Waals surface area contributed by atoms with Crippen LogP contribution in [0, 0.1) is 0 Å². The normalized spacial score (nSPS) is 12.4. The summed E-state index contributed by atoms with van der Waals surface area (Å²) in [6, 6.07) is 9.59. The molecule has 0 fully saturated rings. The van der Waals surface area contributed by atoms with Crippen LogP contribution in [0.25, 0.3) is 0 Å². The minimum Gasteiger partial charge on any atom is -0.310 e. The average Bonchev–Trinajstić information content (AvgIpc) is 2.93. The number of amides is 1. The Labute approximate surface area is 135 Å². The monoisotopic (exact) mass is 320 g/mol. The first-order valence-electron chi connectivity index (χ1n) is 7.30. The van der Waals surface area contributed by atoms with E-state index in [0.717, 1.165) is 5.56 Å². The maximum atomic E-state index is 12.1. The number of halogens is 1. The zero-order valence-corrected chi connectivity index (χ0v) is 13.8. The molecule has 1 unspecified atom stereocenters. The average molecular weight is 321 g/mol. The lowest BCUT2D eigenvalue weighted by Crippen LogP contribution is -2.31. The van der Waals surface area contributed by atoms with E-state index in [2.05, 4.69) is 15.7 Å². The minimum absolute atomic E-state index is 0.00513. The van der Waals surface area contributed by atoms with Crippen LogP contribution in [0.2, 0.25) is 5.02 Å². The van der Waals surface area contributed by atoms with E-state index in [0.29, 0.717) is 10.8 Å². The quantitative estimate of drug-likeness (QED) is 0.857. The Morgan fingerprint density at radius 3 is 2.68 bits per heavy atom. The Hall–Kier alpha value is -1.85. The highest BCUT2D eigenvalue weighted by Crippen LogP contribution is 2.21. The molecule has 1 atom stereocenters. The van der Waals surface area contributed by atoms with Gasteiger partial charge in [0.05, 0.1) is 12.7 Å². The van der Waals surface area contributed by atoms with E-state index in [9.17, 15) is 4.79 Å². The van der Waals surface area contributed by atoms with Crippen LogP contribution in [-0.2, 0) is 4.79 Å². The van der Waals surface area contributed by atoms with Crippen molar-refractivity contribution in [3.63, 3.8) is 0 Å². The number of benzene rings is 1. The number of carbonyl (C=O) groups excluding carboxylic acids is 1. The number of anilines is 1. The SMILES string of the molecule is CC(NCC(=O)Nc1ccnn1C(C)C)c1ccccc1Cl. The lowest BCUT2D eigenvalue weighted by atomic mass is 10.1. The molecule has 22 heavy (non-hydrogen) atoms. The molecule has 6 heteroatoms. The van der Waals surface area contributed by atoms with Gasteiger partial charge in [-0.3, -0.25) is 4.79 Å². The van der Waals surface area contributed by atoms with Crippen molar-refractivity contribution < 1.29 is 4.79 Å². The molecule has 0 saturated carbocycles. The van der Waals surface area contributed by atoms with Gasteiger partial charge in [-0.2, -0.15) is 5.10 Å². The zero-order chi connectivity index (χ0) is 16.1. The van der Waals surface area contributed by atoms with Crippen LogP contribution in [0.4, 0.5) is 5.82 Å². The highest BCUT2D eigenvalue weighted by atomic mass is 35.5. The third kappa shape index (κ3) is 4.08. The summed E-state index contributed by atoms with van der Waals surface area (Å²) in [6.07, 6.45) is 1.68. The molecule has 5 nitrogen and oxygen atoms in total. The van der Waals surface area contributed by atoms with Gasteiger partial charge in [0.15, 0.2) is 0 Å². The van der Waals surface area contributed by atoms with Gasteiger partial charge in [0.2, 0.25) is 5.91 Å². The molecule has 2 aromatic rings. The van der Waals surface area contributed by atoms with Crippen molar-refractivity contribution in [3.8, 4) is 0 Å². The first kappa shape index (κ1) is 16.5. The molecule has 0 spiro atoms. The number of aromatic nitrogens is 2. The molecule has 1 aromatic heterocycles. The summed E-state index contributed by atoms with van der Waals surface area (Å²) in [5.41, 5.74) is 0.976. The van der Waals surface area contributed by atoms with Crippen LogP contribution in [0.3, 0.4) is 0 Å². The van der Waals surface area contributed by atoms with Crippen molar-refractivity contribution >= 4 is 23.3 Å². The number of hydrogen-bond acceptors (Lipinski definition) is 3. The van der Waals surface area contributed by atoms with Gasteiger partial charge in [0, 0.05) is 23.2 Å². The van der Waals surface area contributed by atoms with Gasteiger partial charge in [-0.1, -0.05) is 29.8 Å². The maximum absolute atomic E-state index is 12.1. The highest BCUT2D eigenvalue weighted by Gasteiger charge is 2.12. The number of rotatable bonds is 6. The Morgan fingerprint density at radius 1 is 1.27 bits per heavy atom. The van der Waals surface area contributed by atoms with Gasteiger partial charge in [-0.25, -0.2) is 4.68 Å². The molecule has 0 bridgehead atoms. The first-order chi connectivity index (χ1) is 10.5. The molecule has 1 amide bonds. The summed E-state index contributed by atoms with van der Waals surface area (Å²) in [6.45, 7) is 6.21. The van der Waals surface area contributed by atoms with Crippen molar-refractivity contribution in [1.29, 1.82) is 0 Å². The number of nitrogens with one attached hydrogen (secondary N) is 2. The summed E-state index contributed by atoms with van der Waals surface area (Å²) in [7, 11) is 0. The van der Waals surface area contributed by atoms with Crippen molar-refractivity contribution in [2.24, 2.45) is 0 Å². The summed E-state index contributed by atoms with van der Waals surface area (Å²) in [5.74, 6) is 0.591. The molecule has 1 heterocycles. The van der Waals surface area contributed by atoms with Crippen LogP contribution in [0.1, 0.15) is 38.4 Å². The van der Waals surface area contributed by atoms with E-state index in [1.165, 1.54) is 0 Å². The summed E-state index contributed by atoms with van der Waals surface area (Å²) < 4.78 is 1.77. The lowest BCUT2D eigenvalue weighted by Gasteiger charge is -2.16. The van der Waals surface area contributed by atoms with Crippen LogP contribution < -0.4 is 10.6 Å². The smallest absolute Gasteiger partial charge is 0.239 e. The fourth-order valence-electron chi connectivity index (χ4n) is 2.19. The van der Waals surface area contributed by atoms with Gasteiger partial charge in [-0.05, 0) is 32.4 Å². The second-order valence-corrected chi connectivity index (χ2v) is 5.83. The summed E-state index contributed by atoms with van der Waals surface area (Å²) in [5, 5.41) is 10.9. The number of carbonyl (C=O) groups is 1. The third-order valence-electron chi connectivity index (χ3n) is 3.37. The molecule has 2 rings (SSSR count). The van der Waals surface area contributed by atoms with Crippen molar-refractivity contribution in [2.45, 2.75) is 32.9 Å². The van der Waals surface area contributed by atoms with Crippen LogP contribution in [-0.4, -0.2) is 22.2 Å². The van der Waals surface area contributed by atoms with Crippen LogP contribution >= 0.6 is 11.6 Å². The number of hydrogen-bond donors (Lipinski definition) is 2. The molecule has 0 aliphatic carbocycles. The van der Waals surface area contributed by atoms with E-state index >= 15 is 0 Å². The molecule has 2 N–H and O–H groups in total. The predicted octanol–water partition coefficient (Wildman–Crippen LogP) is 3.41. The Bertz CT molecular complexity index is 639. The summed E-state index contributed by atoms with van der Waals surface area (Å²) in [4.78, 5) is 12.1. The highest BCUT2D eigenvalue weighted by molar-refractivity contribution is 6.31. The van der Waals surface area contributed by atoms with Gasteiger partial charge in [-0.15, -0.1) is 0 Å². The first-order valence-corrected chi connectivity index (χ1v) is 7.68. The third-order valence-corrected chi connectivity index (χ3v) is 3.71. The van der Waals surface area contributed by atoms with E-state index in [4.69, 9.17) is 11.6 Å². The zero-order valence-electron chi connectivity index (χ0n) is 13.0. The largest absolute Gasteiger partial charge is 0.310 e. The lowest BCUT2D eigenvalue weighted by molar-refractivity contribution is -0.115. The van der Waals surface area contributed by atoms with E-state index in [1.54, 1.807) is 16.9 Å². The molecule has 0 aliphatic rings. The molecule has 0 aliphatic heterocycles. The fraction of sp³-hybridized carbons (Fsp3) is 0.375. The number of nitrogens with zero attached hydrogens (tertiary/aromatic N) is 2. The molecule has 0 saturated heterocycles. The molecule has 1 aromatic carbocycles. The Morgan fingerprint density at radius 2 is 2.00 bits per heavy atom. The topological polar surface area (TPSA) is 59.0 Å². The molecule has 118 valence electrons. The second-order valence-electron chi connectivity index (χ2n) is 5.43. The van der Waals surface area contributed by atoms with Gasteiger partial charge in [0.1, 0.15) is 5.82 Å². The fourth-order valence-corrected chi connectivity index (χ4v) is 2.49. The molecular formula is C16H21ClN4O. The van der Waals surface area contributed by atoms with Crippen LogP contribution in [0.15, 0.2) is 36.5 Å². The van der Waals surface area contributed by atoms with Gasteiger partial charge < -0.3 is 10.6 Å². The second kappa shape index (κ2) is 7.42. The molecular weight excluding hydrogens is 300 g/mol. The standard InChI is InChI=1S/C16H21ClN4O/c1-11(2)21-15(8-9-19-21)20-16(22)10-18-12(3)13-6-4-5-7-14(13)17/h4-9,11-12,18H,10H2,1-3H3,(H,20,22). The predicted molar refractivity (Wildman–Crippen MR) is 89.1 cm³/mol. The molecule has 0 radical (unpaired) electrons. The summed E-state index contributed by atoms with van der Waals surface area (Å²) >= 11 is 6.15. The van der Waals surface area contributed by atoms with Crippen LogP contribution in [0.5, 0.6) is 0 Å². The van der Waals surface area contributed by atoms with E-state index in [1.807, 2.05) is 45.0 Å². The van der Waals surface area contributed by atoms with Gasteiger partial charge in [0.25, 0.3) is 0 Å². The maximum Gasteiger partial charge on any atom is 0.239 e. The van der Waals surface area contributed by atoms with Gasteiger partial charge >= 0.3 is 0 Å². The van der Waals surface area contributed by atoms with E-state index in [-0.39, 0.29) is 24.5 Å². The van der Waals surface area contributed by atoms with Crippen molar-refractivity contribution in [2.75, 3.05) is 11.9 Å². The van der Waals surface area contributed by atoms with Crippen molar-refractivity contribution in [1.82, 2.24) is 15.1 Å². The minimum atomic E-state index is -0.110. The van der Waals surface area contributed by atoms with E-state index < -0.39 is 0 Å². The van der Waals surface area contributed by atoms with Crippen molar-refractivity contribution in [3.05, 3.63) is 47.1 Å².